The summed E-state index contributed by atoms with van der Waals surface area (Å²) in [6.07, 6.45) is -4.07. The van der Waals surface area contributed by atoms with Crippen molar-refractivity contribution < 1.29 is 105 Å². The SMILES string of the molecule is CC1O[C@@H](OC(=O)c2ccccc2)C(C)[C@@H](O)[C@@H]1C.CC1O[C@@H](OC(=O)c2ccccc2)C(C)[C@@H](O[C@H]2OC[C@@H](C)[C@@H]3OC(C)(C)OC23)[C@@H]1C.CCC1O[C@@H](OC(=O)c2ccccc2)C(C)[C@@H](O[C@H]2OC[C@@H](C)[C@@H]3OC(C)(C)OC23)[C@@H]1C.O=C=O.O=C=O. The predicted molar refractivity (Wildman–Crippen MR) is 309 cm³/mol. The number of aliphatic hydroxyl groups excluding tert-OH is 1. The highest BCUT2D eigenvalue weighted by Gasteiger charge is 2.56. The molecule has 486 valence electrons. The maximum absolute atomic E-state index is 12.7. The van der Waals surface area contributed by atoms with Crippen molar-refractivity contribution >= 4 is 30.2 Å². The van der Waals surface area contributed by atoms with Gasteiger partial charge in [-0.1, -0.05) is 117 Å². The first-order chi connectivity index (χ1) is 41.7. The number of benzene rings is 3. The van der Waals surface area contributed by atoms with E-state index in [9.17, 15) is 19.5 Å². The molecule has 10 rings (SSSR count). The number of ether oxygens (including phenoxy) is 14. The van der Waals surface area contributed by atoms with Crippen LogP contribution >= 0.6 is 0 Å². The summed E-state index contributed by atoms with van der Waals surface area (Å²) in [5, 5.41) is 10.1. The number of rotatable bonds is 11. The molecular weight excluding hydrogens is 1140 g/mol. The van der Waals surface area contributed by atoms with E-state index < -0.39 is 67.0 Å². The zero-order valence-corrected chi connectivity index (χ0v) is 53.1. The third-order valence-corrected chi connectivity index (χ3v) is 17.2. The highest BCUT2D eigenvalue weighted by atomic mass is 16.8. The first-order valence-corrected chi connectivity index (χ1v) is 30.4. The number of fused-ring (bicyclic) bond motifs is 2. The Morgan fingerprint density at radius 2 is 0.773 bits per heavy atom. The normalized spacial score (nSPS) is 37.5. The van der Waals surface area contributed by atoms with Crippen molar-refractivity contribution in [2.45, 2.75) is 214 Å². The van der Waals surface area contributed by atoms with Crippen molar-refractivity contribution in [2.24, 2.45) is 47.3 Å². The maximum atomic E-state index is 12.7. The monoisotopic (exact) mass is 1230 g/mol. The zero-order chi connectivity index (χ0) is 64.8. The molecule has 3 aromatic rings. The Morgan fingerprint density at radius 1 is 0.455 bits per heavy atom. The average molecular weight is 1240 g/mol. The first-order valence-electron chi connectivity index (χ1n) is 30.4. The lowest BCUT2D eigenvalue weighted by atomic mass is 9.84. The third-order valence-electron chi connectivity index (χ3n) is 17.2. The van der Waals surface area contributed by atoms with Crippen molar-refractivity contribution in [3.63, 3.8) is 0 Å². The van der Waals surface area contributed by atoms with Gasteiger partial charge in [-0.3, -0.25) is 0 Å². The number of aliphatic hydroxyl groups is 1. The molecule has 0 aliphatic carbocycles. The number of esters is 3. The Kier molecular flexibility index (Phi) is 26.3. The largest absolute Gasteiger partial charge is 0.432 e. The molecule has 3 aromatic carbocycles. The van der Waals surface area contributed by atoms with E-state index in [0.717, 1.165) is 6.42 Å². The van der Waals surface area contributed by atoms with E-state index in [1.54, 1.807) is 60.7 Å². The summed E-state index contributed by atoms with van der Waals surface area (Å²) in [5.74, 6) is -2.55. The van der Waals surface area contributed by atoms with E-state index in [2.05, 4.69) is 34.6 Å². The van der Waals surface area contributed by atoms with Gasteiger partial charge in [0, 0.05) is 47.3 Å². The minimum Gasteiger partial charge on any atom is -0.432 e. The molecular formula is C66H90O22. The third kappa shape index (κ3) is 18.3. The van der Waals surface area contributed by atoms with Crippen LogP contribution in [-0.2, 0) is 85.5 Å². The number of carbonyl (C=O) groups is 3. The summed E-state index contributed by atoms with van der Waals surface area (Å²) in [6, 6.07) is 26.7. The van der Waals surface area contributed by atoms with Gasteiger partial charge in [0.2, 0.25) is 18.9 Å². The lowest BCUT2D eigenvalue weighted by Gasteiger charge is -2.46. The molecule has 7 aliphatic heterocycles. The molecule has 7 aliphatic rings. The van der Waals surface area contributed by atoms with E-state index in [0.29, 0.717) is 29.9 Å². The summed E-state index contributed by atoms with van der Waals surface area (Å²) >= 11 is 0. The van der Waals surface area contributed by atoms with Gasteiger partial charge in [0.1, 0.15) is 12.2 Å². The summed E-state index contributed by atoms with van der Waals surface area (Å²) in [4.78, 5) is 69.8. The van der Waals surface area contributed by atoms with E-state index in [4.69, 9.17) is 85.5 Å². The lowest BCUT2D eigenvalue weighted by molar-refractivity contribution is -0.309. The van der Waals surface area contributed by atoms with Crippen molar-refractivity contribution in [3.05, 3.63) is 108 Å². The molecule has 7 heterocycles. The van der Waals surface area contributed by atoms with Gasteiger partial charge in [0.05, 0.1) is 78.7 Å². The molecule has 7 fully saturated rings. The van der Waals surface area contributed by atoms with Gasteiger partial charge in [-0.25, -0.2) is 14.4 Å². The van der Waals surface area contributed by atoms with Crippen LogP contribution in [0.5, 0.6) is 0 Å². The Balaban J connectivity index is 0.000000207. The van der Waals surface area contributed by atoms with Gasteiger partial charge in [0.25, 0.3) is 0 Å². The fraction of sp³-hybridized carbons (Fsp3) is 0.652. The molecule has 0 spiro atoms. The van der Waals surface area contributed by atoms with E-state index in [1.165, 1.54) is 0 Å². The summed E-state index contributed by atoms with van der Waals surface area (Å²) in [6.45, 7) is 30.8. The second kappa shape index (κ2) is 32.4. The van der Waals surface area contributed by atoms with E-state index in [-0.39, 0.29) is 115 Å². The van der Waals surface area contributed by atoms with Gasteiger partial charge in [0.15, 0.2) is 24.2 Å². The zero-order valence-electron chi connectivity index (χ0n) is 53.1. The van der Waals surface area contributed by atoms with Gasteiger partial charge in [-0.15, -0.1) is 0 Å². The Hall–Kier alpha value is -5.65. The van der Waals surface area contributed by atoms with Gasteiger partial charge < -0.3 is 71.4 Å². The van der Waals surface area contributed by atoms with Crippen molar-refractivity contribution in [2.75, 3.05) is 13.2 Å². The number of hydrogen-bond donors (Lipinski definition) is 1. The van der Waals surface area contributed by atoms with Crippen LogP contribution in [0.4, 0.5) is 0 Å². The molecule has 0 bridgehead atoms. The van der Waals surface area contributed by atoms with Crippen molar-refractivity contribution in [1.29, 1.82) is 0 Å². The van der Waals surface area contributed by atoms with Gasteiger partial charge in [-0.2, -0.15) is 19.2 Å². The second-order valence-electron chi connectivity index (χ2n) is 24.7. The molecule has 88 heavy (non-hydrogen) atoms. The quantitative estimate of drug-likeness (QED) is 0.139. The molecule has 0 aromatic heterocycles. The minimum atomic E-state index is -0.709. The average Bonchev–Trinajstić information content (AvgIpc) is 2.43. The molecule has 23 atom stereocenters. The molecule has 8 unspecified atom stereocenters. The van der Waals surface area contributed by atoms with Crippen LogP contribution < -0.4 is 0 Å². The predicted octanol–water partition coefficient (Wildman–Crippen LogP) is 8.96. The lowest BCUT2D eigenvalue weighted by Crippen LogP contribution is -2.56. The van der Waals surface area contributed by atoms with E-state index >= 15 is 0 Å². The molecule has 1 N–H and O–H groups in total. The highest BCUT2D eigenvalue weighted by Crippen LogP contribution is 2.44. The number of carbonyl (C=O) groups excluding carboxylic acids is 7. The van der Waals surface area contributed by atoms with Crippen LogP contribution in [-0.4, -0.2) is 153 Å². The Bertz CT molecular complexity index is 2710. The fourth-order valence-electron chi connectivity index (χ4n) is 12.0. The molecule has 0 radical (unpaired) electrons. The molecule has 22 heteroatoms. The van der Waals surface area contributed by atoms with Crippen LogP contribution in [0.3, 0.4) is 0 Å². The molecule has 0 amide bonds. The minimum absolute atomic E-state index is 0.0293. The van der Waals surface area contributed by atoms with Gasteiger partial charge >= 0.3 is 30.2 Å². The van der Waals surface area contributed by atoms with Crippen LogP contribution in [0.2, 0.25) is 0 Å². The molecule has 0 saturated carbocycles. The summed E-state index contributed by atoms with van der Waals surface area (Å²) in [5.41, 5.74) is 1.48. The van der Waals surface area contributed by atoms with Crippen LogP contribution in [0, 0.1) is 47.3 Å². The Labute approximate surface area is 516 Å². The smallest absolute Gasteiger partial charge is 0.373 e. The van der Waals surface area contributed by atoms with Gasteiger partial charge in [-0.05, 0) is 84.4 Å². The van der Waals surface area contributed by atoms with Crippen LogP contribution in [0.1, 0.15) is 141 Å². The first kappa shape index (κ1) is 71.4. The standard InChI is InChI=1S/C25H36O7.C24H34O7.C15H20O4.2CO2/c1-7-18-15(3)20(16(4)23(28-18)30-22(26)17-11-9-8-10-12-17)29-24-21-19(14(2)13-27-24)31-25(5,6)32-21;1-13-12-26-23(20-18(13)30-24(5,6)31-20)28-19-14(2)16(4)27-22(15(19)3)29-21(25)17-10-8-7-9-11-17;1-9-11(3)18-15(10(2)13(9)16)19-14(17)12-7-5-4-6-8-12;2*2-1-3/h8-12,14-16,18-21,23-24H,7,13H2,1-6H3;7-11,13-16,18-20,22-23H,12H2,1-6H3;4-11,13,15-16H,1-3H3;;/t14-,15-,16?,18?,19+,20+,21?,23+,24-;13-,14-,15?,16?,18+,19+,20?,22+,23-;9-,10?,11?,13+,15+;;/m111../s1. The fourth-order valence-corrected chi connectivity index (χ4v) is 12.0. The number of hydrogen-bond acceptors (Lipinski definition) is 22. The maximum Gasteiger partial charge on any atom is 0.373 e. The highest BCUT2D eigenvalue weighted by molar-refractivity contribution is 5.90. The summed E-state index contributed by atoms with van der Waals surface area (Å²) < 4.78 is 84.5. The summed E-state index contributed by atoms with van der Waals surface area (Å²) in [7, 11) is 0. The van der Waals surface area contributed by atoms with E-state index in [1.807, 2.05) is 99.6 Å². The van der Waals surface area contributed by atoms with Crippen LogP contribution in [0.25, 0.3) is 0 Å². The second-order valence-corrected chi connectivity index (χ2v) is 24.7. The van der Waals surface area contributed by atoms with Crippen LogP contribution in [0.15, 0.2) is 91.0 Å². The topological polar surface area (TPSA) is 269 Å². The molecule has 7 saturated heterocycles. The molecule has 22 nitrogen and oxygen atoms in total. The van der Waals surface area contributed by atoms with Crippen molar-refractivity contribution in [3.8, 4) is 0 Å². The van der Waals surface area contributed by atoms with Crippen molar-refractivity contribution in [1.82, 2.24) is 0 Å². The Morgan fingerprint density at radius 3 is 1.14 bits per heavy atom.